The zero-order valence-corrected chi connectivity index (χ0v) is 13.1. The molecule has 2 aromatic rings. The van der Waals surface area contributed by atoms with Gasteiger partial charge in [-0.05, 0) is 36.8 Å². The van der Waals surface area contributed by atoms with Crippen molar-refractivity contribution in [2.75, 3.05) is 11.3 Å². The first kappa shape index (κ1) is 15.3. The monoisotopic (exact) mass is 331 g/mol. The molecule has 108 valence electrons. The average molecular weight is 332 g/mol. The maximum Gasteiger partial charge on any atom is 0.271 e. The summed E-state index contributed by atoms with van der Waals surface area (Å²) in [5.41, 5.74) is 1.15. The van der Waals surface area contributed by atoms with Crippen LogP contribution in [0.15, 0.2) is 34.5 Å². The van der Waals surface area contributed by atoms with Crippen LogP contribution in [0.1, 0.15) is 10.4 Å². The van der Waals surface area contributed by atoms with E-state index < -0.39 is 10.0 Å². The molecule has 2 rings (SSSR count). The number of aliphatic hydroxyl groups is 1. The molecular weight excluding hydrogens is 318 g/mol. The highest BCUT2D eigenvalue weighted by Gasteiger charge is 2.18. The maximum atomic E-state index is 12.3. The first-order valence-corrected chi connectivity index (χ1v) is 8.59. The minimum Gasteiger partial charge on any atom is -0.396 e. The Labute approximate surface area is 127 Å². The van der Waals surface area contributed by atoms with Crippen LogP contribution in [0.2, 0.25) is 5.02 Å². The van der Waals surface area contributed by atoms with E-state index in [0.29, 0.717) is 22.7 Å². The van der Waals surface area contributed by atoms with E-state index in [1.165, 1.54) is 6.07 Å². The summed E-state index contributed by atoms with van der Waals surface area (Å²) in [6, 6.07) is 8.32. The van der Waals surface area contributed by atoms with Gasteiger partial charge in [0.15, 0.2) is 0 Å². The number of benzene rings is 1. The van der Waals surface area contributed by atoms with Gasteiger partial charge in [0.05, 0.1) is 5.69 Å². The lowest BCUT2D eigenvalue weighted by molar-refractivity contribution is 0.300. The molecule has 20 heavy (non-hydrogen) atoms. The third-order valence-electron chi connectivity index (χ3n) is 2.77. The Morgan fingerprint density at radius 1 is 1.30 bits per heavy atom. The van der Waals surface area contributed by atoms with Crippen LogP contribution < -0.4 is 4.72 Å². The standard InChI is InChI=1S/C13H14ClNO3S2/c1-9-11(14)3-2-4-12(9)15-20(17,18)13-6-5-10(19-13)7-8-16/h2-6,15-16H,7-8H2,1H3. The van der Waals surface area contributed by atoms with E-state index >= 15 is 0 Å². The van der Waals surface area contributed by atoms with Gasteiger partial charge in [-0.3, -0.25) is 4.72 Å². The van der Waals surface area contributed by atoms with Crippen molar-refractivity contribution in [1.82, 2.24) is 0 Å². The lowest BCUT2D eigenvalue weighted by Gasteiger charge is -2.10. The topological polar surface area (TPSA) is 66.4 Å². The molecule has 0 atom stereocenters. The highest BCUT2D eigenvalue weighted by molar-refractivity contribution is 7.94. The maximum absolute atomic E-state index is 12.3. The molecule has 0 radical (unpaired) electrons. The van der Waals surface area contributed by atoms with Crippen molar-refractivity contribution in [3.8, 4) is 0 Å². The van der Waals surface area contributed by atoms with Gasteiger partial charge in [-0.15, -0.1) is 11.3 Å². The van der Waals surface area contributed by atoms with E-state index in [9.17, 15) is 8.42 Å². The number of nitrogens with one attached hydrogen (secondary N) is 1. The number of sulfonamides is 1. The average Bonchev–Trinajstić information content (AvgIpc) is 2.85. The largest absolute Gasteiger partial charge is 0.396 e. The molecule has 0 unspecified atom stereocenters. The third-order valence-corrected chi connectivity index (χ3v) is 6.18. The first-order chi connectivity index (χ1) is 9.44. The third kappa shape index (κ3) is 3.32. The van der Waals surface area contributed by atoms with Crippen LogP contribution in [0.25, 0.3) is 0 Å². The molecule has 0 amide bonds. The quantitative estimate of drug-likeness (QED) is 0.885. The molecule has 1 aromatic heterocycles. The number of anilines is 1. The van der Waals surface area contributed by atoms with Crippen LogP contribution >= 0.6 is 22.9 Å². The number of hydrogen-bond acceptors (Lipinski definition) is 4. The molecule has 0 fully saturated rings. The van der Waals surface area contributed by atoms with Crippen molar-refractivity contribution in [3.63, 3.8) is 0 Å². The van der Waals surface area contributed by atoms with Crippen LogP contribution in [0, 0.1) is 6.92 Å². The number of aliphatic hydroxyl groups excluding tert-OH is 1. The Morgan fingerprint density at radius 2 is 2.05 bits per heavy atom. The van der Waals surface area contributed by atoms with Crippen molar-refractivity contribution >= 4 is 38.6 Å². The van der Waals surface area contributed by atoms with Crippen LogP contribution in [-0.2, 0) is 16.4 Å². The van der Waals surface area contributed by atoms with E-state index in [1.54, 1.807) is 31.2 Å². The van der Waals surface area contributed by atoms with E-state index in [2.05, 4.69) is 4.72 Å². The fourth-order valence-electron chi connectivity index (χ4n) is 1.66. The minimum atomic E-state index is -3.62. The Bertz CT molecular complexity index is 710. The second kappa shape index (κ2) is 6.13. The second-order valence-electron chi connectivity index (χ2n) is 4.21. The Morgan fingerprint density at radius 3 is 2.75 bits per heavy atom. The smallest absolute Gasteiger partial charge is 0.271 e. The number of thiophene rings is 1. The molecule has 0 spiro atoms. The molecule has 0 saturated carbocycles. The number of rotatable bonds is 5. The Kier molecular flexibility index (Phi) is 4.70. The van der Waals surface area contributed by atoms with Gasteiger partial charge < -0.3 is 5.11 Å². The summed E-state index contributed by atoms with van der Waals surface area (Å²) < 4.78 is 27.3. The van der Waals surface area contributed by atoms with Gasteiger partial charge in [-0.25, -0.2) is 8.42 Å². The number of halogens is 1. The fourth-order valence-corrected chi connectivity index (χ4v) is 4.30. The van der Waals surface area contributed by atoms with Crippen LogP contribution in [0.4, 0.5) is 5.69 Å². The molecule has 7 heteroatoms. The lowest BCUT2D eigenvalue weighted by atomic mass is 10.2. The second-order valence-corrected chi connectivity index (χ2v) is 7.70. The summed E-state index contributed by atoms with van der Waals surface area (Å²) >= 11 is 7.12. The van der Waals surface area contributed by atoms with Gasteiger partial charge in [0.1, 0.15) is 4.21 Å². The molecular formula is C13H14ClNO3S2. The lowest BCUT2D eigenvalue weighted by Crippen LogP contribution is -2.12. The van der Waals surface area contributed by atoms with Gasteiger partial charge in [0.25, 0.3) is 10.0 Å². The van der Waals surface area contributed by atoms with Crippen molar-refractivity contribution in [2.45, 2.75) is 17.6 Å². The van der Waals surface area contributed by atoms with Gasteiger partial charge in [-0.1, -0.05) is 17.7 Å². The van der Waals surface area contributed by atoms with Gasteiger partial charge in [-0.2, -0.15) is 0 Å². The molecule has 0 bridgehead atoms. The molecule has 0 aliphatic carbocycles. The summed E-state index contributed by atoms with van der Waals surface area (Å²) in [6.07, 6.45) is 0.455. The molecule has 1 heterocycles. The van der Waals surface area contributed by atoms with E-state index in [-0.39, 0.29) is 10.8 Å². The Balaban J connectivity index is 2.28. The number of hydrogen-bond donors (Lipinski definition) is 2. The van der Waals surface area contributed by atoms with Crippen LogP contribution in [0.3, 0.4) is 0 Å². The molecule has 2 N–H and O–H groups in total. The zero-order chi connectivity index (χ0) is 14.8. The molecule has 4 nitrogen and oxygen atoms in total. The highest BCUT2D eigenvalue weighted by atomic mass is 35.5. The Hall–Kier alpha value is -1.08. The van der Waals surface area contributed by atoms with Crippen LogP contribution in [-0.4, -0.2) is 20.1 Å². The summed E-state index contributed by atoms with van der Waals surface area (Å²) in [6.45, 7) is 1.76. The minimum absolute atomic E-state index is 0.000824. The van der Waals surface area contributed by atoms with E-state index in [4.69, 9.17) is 16.7 Å². The molecule has 0 saturated heterocycles. The van der Waals surface area contributed by atoms with Gasteiger partial charge >= 0.3 is 0 Å². The van der Waals surface area contributed by atoms with Gasteiger partial charge in [0.2, 0.25) is 0 Å². The molecule has 0 aliphatic heterocycles. The molecule has 0 aliphatic rings. The van der Waals surface area contributed by atoms with Crippen molar-refractivity contribution in [3.05, 3.63) is 45.8 Å². The van der Waals surface area contributed by atoms with Crippen molar-refractivity contribution in [1.29, 1.82) is 0 Å². The summed E-state index contributed by atoms with van der Waals surface area (Å²) in [7, 11) is -3.62. The molecule has 1 aromatic carbocycles. The highest BCUT2D eigenvalue weighted by Crippen LogP contribution is 2.28. The van der Waals surface area contributed by atoms with E-state index in [0.717, 1.165) is 16.2 Å². The predicted molar refractivity (Wildman–Crippen MR) is 82.1 cm³/mol. The summed E-state index contributed by atoms with van der Waals surface area (Å²) in [5.74, 6) is 0. The SMILES string of the molecule is Cc1c(Cl)cccc1NS(=O)(=O)c1ccc(CCO)s1. The van der Waals surface area contributed by atoms with Crippen LogP contribution in [0.5, 0.6) is 0 Å². The van der Waals surface area contributed by atoms with Crippen molar-refractivity contribution < 1.29 is 13.5 Å². The van der Waals surface area contributed by atoms with Gasteiger partial charge in [0, 0.05) is 22.9 Å². The fraction of sp³-hybridized carbons (Fsp3) is 0.231. The summed E-state index contributed by atoms with van der Waals surface area (Å²) in [5, 5.41) is 9.37. The predicted octanol–water partition coefficient (Wildman–Crippen LogP) is 3.05. The van der Waals surface area contributed by atoms with E-state index in [1.807, 2.05) is 0 Å². The van der Waals surface area contributed by atoms with Crippen molar-refractivity contribution in [2.24, 2.45) is 0 Å². The normalized spacial score (nSPS) is 11.6. The zero-order valence-electron chi connectivity index (χ0n) is 10.8. The first-order valence-electron chi connectivity index (χ1n) is 5.91. The summed E-state index contributed by atoms with van der Waals surface area (Å²) in [4.78, 5) is 0.829.